The predicted octanol–water partition coefficient (Wildman–Crippen LogP) is 4.97. The van der Waals surface area contributed by atoms with Crippen LogP contribution in [0.3, 0.4) is 0 Å². The summed E-state index contributed by atoms with van der Waals surface area (Å²) < 4.78 is 26.2. The third-order valence-corrected chi connectivity index (χ3v) is 7.67. The second kappa shape index (κ2) is 9.23. The number of allylic oxidation sites excluding steroid dienone is 3. The van der Waals surface area contributed by atoms with Crippen LogP contribution in [0.2, 0.25) is 0 Å². The van der Waals surface area contributed by atoms with Gasteiger partial charge in [-0.15, -0.1) is 11.3 Å². The standard InChI is InChI=1S/C26H26FNO4S/c1-15-23(26(30)32-14-17-6-4-10-31-17)24(18-7-2-3-8-19(18)27)25-20(28-15)12-16(13-21(25)29)22-9-5-11-33-22/h2-3,5,7-9,11,16-17,24,28H,4,6,10,12-14H2,1H3. The fraction of sp³-hybridized carbons (Fsp3) is 0.385. The van der Waals surface area contributed by atoms with Crippen molar-refractivity contribution in [2.45, 2.75) is 50.5 Å². The third kappa shape index (κ3) is 4.27. The molecule has 2 aliphatic heterocycles. The van der Waals surface area contributed by atoms with Crippen LogP contribution in [0.5, 0.6) is 0 Å². The van der Waals surface area contributed by atoms with Crippen molar-refractivity contribution in [3.8, 4) is 0 Å². The Hall–Kier alpha value is -2.77. The van der Waals surface area contributed by atoms with E-state index in [1.807, 2.05) is 17.5 Å². The molecule has 33 heavy (non-hydrogen) atoms. The lowest BCUT2D eigenvalue weighted by Crippen LogP contribution is -2.36. The molecule has 3 unspecified atom stereocenters. The molecule has 7 heteroatoms. The molecule has 3 heterocycles. The van der Waals surface area contributed by atoms with Gasteiger partial charge in [0, 0.05) is 46.4 Å². The van der Waals surface area contributed by atoms with E-state index in [1.54, 1.807) is 36.5 Å². The van der Waals surface area contributed by atoms with Gasteiger partial charge < -0.3 is 14.8 Å². The molecule has 1 aromatic carbocycles. The molecule has 1 aliphatic carbocycles. The average molecular weight is 468 g/mol. The number of Topliss-reactive ketones (excluding diaryl/α,β-unsaturated/α-hetero) is 1. The van der Waals surface area contributed by atoms with Crippen LogP contribution < -0.4 is 5.32 Å². The highest BCUT2D eigenvalue weighted by Gasteiger charge is 2.42. The summed E-state index contributed by atoms with van der Waals surface area (Å²) in [5, 5.41) is 5.31. The van der Waals surface area contributed by atoms with E-state index < -0.39 is 17.7 Å². The van der Waals surface area contributed by atoms with Gasteiger partial charge in [0.1, 0.15) is 12.4 Å². The van der Waals surface area contributed by atoms with E-state index in [-0.39, 0.29) is 24.4 Å². The number of nitrogens with one attached hydrogen (secondary N) is 1. The summed E-state index contributed by atoms with van der Waals surface area (Å²) in [7, 11) is 0. The highest BCUT2D eigenvalue weighted by molar-refractivity contribution is 7.10. The SMILES string of the molecule is CC1=C(C(=O)OCC2CCCO2)C(c2ccccc2F)C2=C(CC(c3cccs3)CC2=O)N1. The third-order valence-electron chi connectivity index (χ3n) is 6.63. The van der Waals surface area contributed by atoms with E-state index >= 15 is 4.39 Å². The molecule has 3 atom stereocenters. The number of carbonyl (C=O) groups is 2. The smallest absolute Gasteiger partial charge is 0.336 e. The molecule has 172 valence electrons. The second-order valence-corrected chi connectivity index (χ2v) is 9.77. The quantitative estimate of drug-likeness (QED) is 0.629. The highest BCUT2D eigenvalue weighted by atomic mass is 32.1. The Balaban J connectivity index is 1.51. The lowest BCUT2D eigenvalue weighted by atomic mass is 9.72. The predicted molar refractivity (Wildman–Crippen MR) is 123 cm³/mol. The van der Waals surface area contributed by atoms with Gasteiger partial charge in [-0.1, -0.05) is 24.3 Å². The Morgan fingerprint density at radius 3 is 2.82 bits per heavy atom. The minimum atomic E-state index is -0.795. The summed E-state index contributed by atoms with van der Waals surface area (Å²) in [4.78, 5) is 27.9. The summed E-state index contributed by atoms with van der Waals surface area (Å²) in [6.45, 7) is 2.61. The van der Waals surface area contributed by atoms with Gasteiger partial charge in [-0.25, -0.2) is 9.18 Å². The van der Waals surface area contributed by atoms with Crippen molar-refractivity contribution in [2.24, 2.45) is 0 Å². The van der Waals surface area contributed by atoms with Gasteiger partial charge in [-0.2, -0.15) is 0 Å². The minimum absolute atomic E-state index is 0.0627. The van der Waals surface area contributed by atoms with Crippen LogP contribution >= 0.6 is 11.3 Å². The van der Waals surface area contributed by atoms with Crippen molar-refractivity contribution < 1.29 is 23.5 Å². The fourth-order valence-corrected chi connectivity index (χ4v) is 5.91. The van der Waals surface area contributed by atoms with Crippen molar-refractivity contribution in [1.82, 2.24) is 5.32 Å². The molecule has 1 fully saturated rings. The van der Waals surface area contributed by atoms with E-state index in [2.05, 4.69) is 5.32 Å². The van der Waals surface area contributed by atoms with Gasteiger partial charge in [0.15, 0.2) is 5.78 Å². The maximum Gasteiger partial charge on any atom is 0.336 e. The molecule has 0 radical (unpaired) electrons. The van der Waals surface area contributed by atoms with Crippen LogP contribution in [0.15, 0.2) is 64.3 Å². The summed E-state index contributed by atoms with van der Waals surface area (Å²) in [5.74, 6) is -1.76. The highest BCUT2D eigenvalue weighted by Crippen LogP contribution is 2.46. The Bertz CT molecular complexity index is 1130. The van der Waals surface area contributed by atoms with Crippen LogP contribution in [0.1, 0.15) is 54.9 Å². The molecule has 5 rings (SSSR count). The molecule has 1 aromatic heterocycles. The van der Waals surface area contributed by atoms with E-state index in [9.17, 15) is 9.59 Å². The monoisotopic (exact) mass is 467 g/mol. The second-order valence-electron chi connectivity index (χ2n) is 8.79. The topological polar surface area (TPSA) is 64.6 Å². The first-order chi connectivity index (χ1) is 16.0. The van der Waals surface area contributed by atoms with Crippen molar-refractivity contribution in [3.63, 3.8) is 0 Å². The van der Waals surface area contributed by atoms with Crippen LogP contribution in [0.25, 0.3) is 0 Å². The van der Waals surface area contributed by atoms with Crippen molar-refractivity contribution in [3.05, 3.63) is 80.6 Å². The summed E-state index contributed by atoms with van der Waals surface area (Å²) in [6.07, 6.45) is 2.65. The lowest BCUT2D eigenvalue weighted by molar-refractivity contribution is -0.142. The van der Waals surface area contributed by atoms with Crippen LogP contribution in [0.4, 0.5) is 4.39 Å². The molecule has 0 spiro atoms. The van der Waals surface area contributed by atoms with Gasteiger partial charge in [0.2, 0.25) is 0 Å². The number of thiophene rings is 1. The average Bonchev–Trinajstić information content (AvgIpc) is 3.51. The van der Waals surface area contributed by atoms with Crippen LogP contribution in [0, 0.1) is 5.82 Å². The number of esters is 1. The van der Waals surface area contributed by atoms with Crippen molar-refractivity contribution in [2.75, 3.05) is 13.2 Å². The largest absolute Gasteiger partial charge is 0.459 e. The van der Waals surface area contributed by atoms with Crippen molar-refractivity contribution >= 4 is 23.1 Å². The maximum atomic E-state index is 15.0. The van der Waals surface area contributed by atoms with Crippen LogP contribution in [-0.4, -0.2) is 31.1 Å². The zero-order chi connectivity index (χ0) is 22.9. The summed E-state index contributed by atoms with van der Waals surface area (Å²) >= 11 is 1.63. The summed E-state index contributed by atoms with van der Waals surface area (Å²) in [6, 6.07) is 10.4. The first-order valence-corrected chi connectivity index (χ1v) is 12.2. The van der Waals surface area contributed by atoms with E-state index in [0.29, 0.717) is 41.9 Å². The minimum Gasteiger partial charge on any atom is -0.459 e. The molecule has 0 amide bonds. The lowest BCUT2D eigenvalue weighted by Gasteiger charge is -2.36. The Morgan fingerprint density at radius 2 is 2.09 bits per heavy atom. The zero-order valence-electron chi connectivity index (χ0n) is 18.4. The molecule has 1 N–H and O–H groups in total. The number of hydrogen-bond donors (Lipinski definition) is 1. The molecular weight excluding hydrogens is 441 g/mol. The van der Waals surface area contributed by atoms with Gasteiger partial charge in [-0.05, 0) is 43.7 Å². The molecule has 5 nitrogen and oxygen atoms in total. The fourth-order valence-electron chi connectivity index (χ4n) is 5.08. The van der Waals surface area contributed by atoms with E-state index in [0.717, 1.165) is 23.4 Å². The molecule has 1 saturated heterocycles. The van der Waals surface area contributed by atoms with Gasteiger partial charge >= 0.3 is 5.97 Å². The number of rotatable bonds is 5. The number of hydrogen-bond acceptors (Lipinski definition) is 6. The summed E-state index contributed by atoms with van der Waals surface area (Å²) in [5.41, 5.74) is 2.45. The van der Waals surface area contributed by atoms with Crippen LogP contribution in [-0.2, 0) is 19.1 Å². The number of carbonyl (C=O) groups excluding carboxylic acids is 2. The Labute approximate surface area is 196 Å². The van der Waals surface area contributed by atoms with Crippen molar-refractivity contribution in [1.29, 1.82) is 0 Å². The molecule has 3 aliphatic rings. The number of benzene rings is 1. The maximum absolute atomic E-state index is 15.0. The molecule has 0 saturated carbocycles. The molecular formula is C26H26FNO4S. The van der Waals surface area contributed by atoms with E-state index in [1.165, 1.54) is 6.07 Å². The Kier molecular flexibility index (Phi) is 6.17. The normalized spacial score (nSPS) is 25.2. The first kappa shape index (κ1) is 22.0. The number of dihydropyridines is 1. The Morgan fingerprint density at radius 1 is 1.24 bits per heavy atom. The zero-order valence-corrected chi connectivity index (χ0v) is 19.3. The van der Waals surface area contributed by atoms with Gasteiger partial charge in [-0.3, -0.25) is 4.79 Å². The van der Waals surface area contributed by atoms with Gasteiger partial charge in [0.25, 0.3) is 0 Å². The number of ketones is 1. The molecule has 0 bridgehead atoms. The van der Waals surface area contributed by atoms with Gasteiger partial charge in [0.05, 0.1) is 17.6 Å². The molecule has 2 aromatic rings. The number of ether oxygens (including phenoxy) is 2. The van der Waals surface area contributed by atoms with E-state index in [4.69, 9.17) is 9.47 Å². The number of halogens is 1. The first-order valence-electron chi connectivity index (χ1n) is 11.3.